The molecule has 2 heterocycles. The Kier molecular flexibility index (Phi) is 4.93. The second kappa shape index (κ2) is 7.09. The summed E-state index contributed by atoms with van der Waals surface area (Å²) >= 11 is 7.64. The molecule has 1 atom stereocenters. The first-order chi connectivity index (χ1) is 10.8. The van der Waals surface area contributed by atoms with Gasteiger partial charge < -0.3 is 10.1 Å². The molecule has 0 aliphatic heterocycles. The first-order valence-electron chi connectivity index (χ1n) is 7.18. The van der Waals surface area contributed by atoms with Gasteiger partial charge in [0.15, 0.2) is 0 Å². The van der Waals surface area contributed by atoms with E-state index in [4.69, 9.17) is 16.3 Å². The van der Waals surface area contributed by atoms with E-state index < -0.39 is 0 Å². The Hall–Kier alpha value is -1.62. The Bertz CT molecular complexity index is 754. The van der Waals surface area contributed by atoms with Gasteiger partial charge >= 0.3 is 0 Å². The zero-order chi connectivity index (χ0) is 15.4. The number of fused-ring (bicyclic) bond motifs is 1. The Morgan fingerprint density at radius 1 is 1.23 bits per heavy atom. The third kappa shape index (κ3) is 3.40. The monoisotopic (exact) mass is 332 g/mol. The third-order valence-electron chi connectivity index (χ3n) is 3.44. The minimum atomic E-state index is -0.0178. The maximum absolute atomic E-state index is 6.30. The van der Waals surface area contributed by atoms with Crippen LogP contribution < -0.4 is 10.1 Å². The molecule has 0 radical (unpaired) electrons. The fourth-order valence-corrected chi connectivity index (χ4v) is 3.49. The van der Waals surface area contributed by atoms with Gasteiger partial charge in [-0.2, -0.15) is 0 Å². The highest BCUT2D eigenvalue weighted by Crippen LogP contribution is 2.34. The van der Waals surface area contributed by atoms with Crippen LogP contribution in [0.4, 0.5) is 0 Å². The average Bonchev–Trinajstić information content (AvgIpc) is 2.98. The van der Waals surface area contributed by atoms with Gasteiger partial charge in [0.25, 0.3) is 0 Å². The van der Waals surface area contributed by atoms with Crippen LogP contribution in [-0.4, -0.2) is 18.6 Å². The number of halogens is 1. The number of rotatable bonds is 6. The molecule has 3 nitrogen and oxygen atoms in total. The zero-order valence-corrected chi connectivity index (χ0v) is 13.8. The van der Waals surface area contributed by atoms with Gasteiger partial charge in [0, 0.05) is 22.9 Å². The van der Waals surface area contributed by atoms with E-state index in [1.807, 2.05) is 49.5 Å². The Labute approximate surface area is 138 Å². The van der Waals surface area contributed by atoms with E-state index in [0.29, 0.717) is 0 Å². The summed E-state index contributed by atoms with van der Waals surface area (Å²) < 4.78 is 7.09. The maximum atomic E-state index is 6.30. The minimum Gasteiger partial charge on any atom is -0.484 e. The number of hydrogen-bond acceptors (Lipinski definition) is 4. The summed E-state index contributed by atoms with van der Waals surface area (Å²) in [7, 11) is 1.94. The van der Waals surface area contributed by atoms with E-state index in [1.54, 1.807) is 17.5 Å². The highest BCUT2D eigenvalue weighted by Gasteiger charge is 2.16. The number of benzene rings is 1. The molecule has 2 aromatic heterocycles. The molecule has 0 spiro atoms. The van der Waals surface area contributed by atoms with Crippen LogP contribution in [0.5, 0.6) is 5.75 Å². The van der Waals surface area contributed by atoms with Crippen molar-refractivity contribution < 1.29 is 4.74 Å². The first kappa shape index (κ1) is 15.3. The topological polar surface area (TPSA) is 34.1 Å². The van der Waals surface area contributed by atoms with Gasteiger partial charge in [0.1, 0.15) is 11.9 Å². The second-order valence-electron chi connectivity index (χ2n) is 4.97. The lowest BCUT2D eigenvalue weighted by Gasteiger charge is -2.19. The molecule has 1 N–H and O–H groups in total. The summed E-state index contributed by atoms with van der Waals surface area (Å²) in [5, 5.41) is 4.21. The van der Waals surface area contributed by atoms with Crippen molar-refractivity contribution in [3.8, 4) is 5.75 Å². The molecular weight excluding hydrogens is 316 g/mol. The SMILES string of the molecule is CNCCC(Oc1cccc2ncccc12)c1ccc(Cl)s1. The lowest BCUT2D eigenvalue weighted by Crippen LogP contribution is -2.15. The molecule has 1 unspecified atom stereocenters. The minimum absolute atomic E-state index is 0.0178. The van der Waals surface area contributed by atoms with Crippen LogP contribution in [0.15, 0.2) is 48.7 Å². The van der Waals surface area contributed by atoms with Gasteiger partial charge in [-0.3, -0.25) is 4.98 Å². The van der Waals surface area contributed by atoms with Crippen molar-refractivity contribution in [3.63, 3.8) is 0 Å². The molecule has 22 heavy (non-hydrogen) atoms. The van der Waals surface area contributed by atoms with Gasteiger partial charge in [-0.05, 0) is 50.0 Å². The van der Waals surface area contributed by atoms with Crippen molar-refractivity contribution in [3.05, 3.63) is 57.9 Å². The Morgan fingerprint density at radius 2 is 2.14 bits per heavy atom. The largest absolute Gasteiger partial charge is 0.484 e. The second-order valence-corrected chi connectivity index (χ2v) is 6.71. The van der Waals surface area contributed by atoms with Gasteiger partial charge in [-0.15, -0.1) is 11.3 Å². The van der Waals surface area contributed by atoms with Gasteiger partial charge in [0.2, 0.25) is 0 Å². The number of aromatic nitrogens is 1. The predicted octanol–water partition coefficient (Wildman–Crippen LogP) is 4.68. The number of pyridine rings is 1. The molecule has 0 saturated heterocycles. The van der Waals surface area contributed by atoms with Gasteiger partial charge in [-0.25, -0.2) is 0 Å². The third-order valence-corrected chi connectivity index (χ3v) is 4.77. The first-order valence-corrected chi connectivity index (χ1v) is 8.37. The Balaban J connectivity index is 1.91. The molecule has 3 rings (SSSR count). The van der Waals surface area contributed by atoms with Crippen LogP contribution in [0.1, 0.15) is 17.4 Å². The van der Waals surface area contributed by atoms with Crippen LogP contribution in [0.2, 0.25) is 4.34 Å². The molecule has 5 heteroatoms. The van der Waals surface area contributed by atoms with Crippen molar-refractivity contribution >= 4 is 33.8 Å². The smallest absolute Gasteiger partial charge is 0.134 e. The van der Waals surface area contributed by atoms with Gasteiger partial charge in [-0.1, -0.05) is 17.7 Å². The van der Waals surface area contributed by atoms with Crippen molar-refractivity contribution in [1.29, 1.82) is 0 Å². The number of nitrogens with one attached hydrogen (secondary N) is 1. The standard InChI is InChI=1S/C17H17ClN2OS/c1-19-11-9-15(16-7-8-17(18)22-16)21-14-6-2-5-13-12(14)4-3-10-20-13/h2-8,10,15,19H,9,11H2,1H3. The van der Waals surface area contributed by atoms with Crippen molar-refractivity contribution in [1.82, 2.24) is 10.3 Å². The van der Waals surface area contributed by atoms with E-state index in [2.05, 4.69) is 10.3 Å². The summed E-state index contributed by atoms with van der Waals surface area (Å²) in [6.07, 6.45) is 2.66. The molecule has 114 valence electrons. The molecule has 0 bridgehead atoms. The Morgan fingerprint density at radius 3 is 2.91 bits per heavy atom. The van der Waals surface area contributed by atoms with Crippen LogP contribution in [-0.2, 0) is 0 Å². The van der Waals surface area contributed by atoms with Crippen LogP contribution in [0.25, 0.3) is 10.9 Å². The summed E-state index contributed by atoms with van der Waals surface area (Å²) in [5.41, 5.74) is 0.941. The van der Waals surface area contributed by atoms with E-state index in [0.717, 1.165) is 38.8 Å². The number of ether oxygens (including phenoxy) is 1. The molecule has 0 fully saturated rings. The average molecular weight is 333 g/mol. The summed E-state index contributed by atoms with van der Waals surface area (Å²) in [4.78, 5) is 5.52. The van der Waals surface area contributed by atoms with Crippen LogP contribution in [0.3, 0.4) is 0 Å². The molecule has 3 aromatic rings. The van der Waals surface area contributed by atoms with E-state index in [-0.39, 0.29) is 6.10 Å². The molecule has 0 aliphatic carbocycles. The number of nitrogens with zero attached hydrogens (tertiary/aromatic N) is 1. The molecule has 0 saturated carbocycles. The van der Waals surface area contributed by atoms with Gasteiger partial charge in [0.05, 0.1) is 9.85 Å². The number of hydrogen-bond donors (Lipinski definition) is 1. The van der Waals surface area contributed by atoms with E-state index in [9.17, 15) is 0 Å². The highest BCUT2D eigenvalue weighted by atomic mass is 35.5. The fourth-order valence-electron chi connectivity index (χ4n) is 2.37. The van der Waals surface area contributed by atoms with E-state index >= 15 is 0 Å². The highest BCUT2D eigenvalue weighted by molar-refractivity contribution is 7.16. The van der Waals surface area contributed by atoms with E-state index in [1.165, 1.54) is 0 Å². The van der Waals surface area contributed by atoms with Crippen molar-refractivity contribution in [2.75, 3.05) is 13.6 Å². The molecular formula is C17H17ClN2OS. The summed E-state index contributed by atoms with van der Waals surface area (Å²) in [6.45, 7) is 0.878. The van der Waals surface area contributed by atoms with Crippen LogP contribution >= 0.6 is 22.9 Å². The summed E-state index contributed by atoms with van der Waals surface area (Å²) in [6, 6.07) is 13.9. The number of thiophene rings is 1. The van der Waals surface area contributed by atoms with Crippen molar-refractivity contribution in [2.24, 2.45) is 0 Å². The fraction of sp³-hybridized carbons (Fsp3) is 0.235. The summed E-state index contributed by atoms with van der Waals surface area (Å²) in [5.74, 6) is 0.858. The normalized spacial score (nSPS) is 12.5. The lowest BCUT2D eigenvalue weighted by atomic mass is 10.1. The molecule has 0 aliphatic rings. The molecule has 0 amide bonds. The zero-order valence-electron chi connectivity index (χ0n) is 12.3. The lowest BCUT2D eigenvalue weighted by molar-refractivity contribution is 0.201. The van der Waals surface area contributed by atoms with Crippen LogP contribution in [0, 0.1) is 0 Å². The predicted molar refractivity (Wildman–Crippen MR) is 93.0 cm³/mol. The van der Waals surface area contributed by atoms with Crippen molar-refractivity contribution in [2.45, 2.75) is 12.5 Å². The quantitative estimate of drug-likeness (QED) is 0.711. The maximum Gasteiger partial charge on any atom is 0.134 e. The molecule has 1 aromatic carbocycles.